The lowest BCUT2D eigenvalue weighted by atomic mass is 9.84. The molecule has 0 heterocycles. The van der Waals surface area contributed by atoms with Crippen LogP contribution in [0.4, 0.5) is 11.4 Å². The Bertz CT molecular complexity index is 352. The van der Waals surface area contributed by atoms with E-state index in [4.69, 9.17) is 17.3 Å². The van der Waals surface area contributed by atoms with Gasteiger partial charge in [-0.25, -0.2) is 0 Å². The lowest BCUT2D eigenvalue weighted by Crippen LogP contribution is -2.28. The fourth-order valence-electron chi connectivity index (χ4n) is 2.67. The van der Waals surface area contributed by atoms with Gasteiger partial charge in [-0.1, -0.05) is 36.9 Å². The second kappa shape index (κ2) is 5.63. The zero-order valence-electron chi connectivity index (χ0n) is 10.4. The van der Waals surface area contributed by atoms with Crippen molar-refractivity contribution >= 4 is 23.0 Å². The molecule has 1 fully saturated rings. The highest BCUT2D eigenvalue weighted by atomic mass is 35.5. The Kier molecular flexibility index (Phi) is 4.16. The Morgan fingerprint density at radius 1 is 1.29 bits per heavy atom. The molecule has 1 aromatic rings. The van der Waals surface area contributed by atoms with Crippen molar-refractivity contribution in [2.75, 3.05) is 11.1 Å². The predicted octanol–water partition coefficient (Wildman–Crippen LogP) is 4.30. The quantitative estimate of drug-likeness (QED) is 0.787. The van der Waals surface area contributed by atoms with Gasteiger partial charge in [-0.15, -0.1) is 0 Å². The summed E-state index contributed by atoms with van der Waals surface area (Å²) in [6, 6.07) is 6.10. The molecule has 1 atom stereocenters. The van der Waals surface area contributed by atoms with Crippen LogP contribution in [0, 0.1) is 5.92 Å². The Morgan fingerprint density at radius 2 is 2.00 bits per heavy atom. The summed E-state index contributed by atoms with van der Waals surface area (Å²) in [5.41, 5.74) is 7.58. The first-order valence-electron chi connectivity index (χ1n) is 6.49. The molecule has 1 aliphatic rings. The van der Waals surface area contributed by atoms with Crippen LogP contribution in [-0.2, 0) is 0 Å². The van der Waals surface area contributed by atoms with Gasteiger partial charge in [0.1, 0.15) is 0 Å². The first kappa shape index (κ1) is 12.6. The third-order valence-corrected chi connectivity index (χ3v) is 4.09. The molecule has 0 spiro atoms. The van der Waals surface area contributed by atoms with Crippen molar-refractivity contribution in [3.63, 3.8) is 0 Å². The number of benzene rings is 1. The van der Waals surface area contributed by atoms with E-state index in [0.717, 1.165) is 17.3 Å². The van der Waals surface area contributed by atoms with Crippen LogP contribution in [0.15, 0.2) is 18.2 Å². The Labute approximate surface area is 109 Å². The Balaban J connectivity index is 2.04. The minimum atomic E-state index is 0.442. The number of anilines is 2. The molecule has 1 saturated carbocycles. The van der Waals surface area contributed by atoms with Gasteiger partial charge in [-0.3, -0.25) is 0 Å². The maximum Gasteiger partial charge on any atom is 0.0765 e. The van der Waals surface area contributed by atoms with Crippen molar-refractivity contribution in [2.45, 2.75) is 45.1 Å². The van der Waals surface area contributed by atoms with E-state index >= 15 is 0 Å². The molecule has 3 heteroatoms. The average Bonchev–Trinajstić information content (AvgIpc) is 2.35. The highest BCUT2D eigenvalue weighted by molar-refractivity contribution is 6.33. The summed E-state index contributed by atoms with van der Waals surface area (Å²) in [6.07, 6.45) is 6.73. The number of nitrogen functional groups attached to an aromatic ring is 1. The van der Waals surface area contributed by atoms with E-state index < -0.39 is 0 Å². The van der Waals surface area contributed by atoms with Gasteiger partial charge in [-0.05, 0) is 37.8 Å². The number of para-hydroxylation sites is 1. The summed E-state index contributed by atoms with van der Waals surface area (Å²) < 4.78 is 0. The standard InChI is InChI=1S/C14H21ClN2/c1-10(11-6-3-2-4-7-11)17-14-12(15)8-5-9-13(14)16/h5,8-11,17H,2-4,6-7,16H2,1H3. The second-order valence-electron chi connectivity index (χ2n) is 5.04. The van der Waals surface area contributed by atoms with Crippen molar-refractivity contribution in [3.8, 4) is 0 Å². The lowest BCUT2D eigenvalue weighted by molar-refractivity contribution is 0.328. The number of nitrogens with two attached hydrogens (primary N) is 1. The SMILES string of the molecule is CC(Nc1c(N)cccc1Cl)C1CCCCC1. The number of hydrogen-bond donors (Lipinski definition) is 2. The van der Waals surface area contributed by atoms with Crippen molar-refractivity contribution in [1.82, 2.24) is 0 Å². The van der Waals surface area contributed by atoms with Gasteiger partial charge in [0.2, 0.25) is 0 Å². The first-order valence-corrected chi connectivity index (χ1v) is 6.87. The van der Waals surface area contributed by atoms with Crippen molar-refractivity contribution in [2.24, 2.45) is 5.92 Å². The molecule has 2 nitrogen and oxygen atoms in total. The monoisotopic (exact) mass is 252 g/mol. The molecular formula is C14H21ClN2. The summed E-state index contributed by atoms with van der Waals surface area (Å²) in [7, 11) is 0. The van der Waals surface area contributed by atoms with Gasteiger partial charge in [0.15, 0.2) is 0 Å². The van der Waals surface area contributed by atoms with E-state index in [-0.39, 0.29) is 0 Å². The van der Waals surface area contributed by atoms with Crippen LogP contribution in [0.2, 0.25) is 5.02 Å². The number of hydrogen-bond acceptors (Lipinski definition) is 2. The highest BCUT2D eigenvalue weighted by Crippen LogP contribution is 2.32. The largest absolute Gasteiger partial charge is 0.397 e. The fourth-order valence-corrected chi connectivity index (χ4v) is 2.91. The van der Waals surface area contributed by atoms with Gasteiger partial charge in [-0.2, -0.15) is 0 Å². The first-order chi connectivity index (χ1) is 8.18. The maximum absolute atomic E-state index is 6.17. The van der Waals surface area contributed by atoms with Crippen LogP contribution in [0.1, 0.15) is 39.0 Å². The third-order valence-electron chi connectivity index (χ3n) is 3.77. The molecule has 0 amide bonds. The predicted molar refractivity (Wildman–Crippen MR) is 75.5 cm³/mol. The molecular weight excluding hydrogens is 232 g/mol. The topological polar surface area (TPSA) is 38.0 Å². The molecule has 1 aliphatic carbocycles. The molecule has 0 aliphatic heterocycles. The van der Waals surface area contributed by atoms with E-state index in [9.17, 15) is 0 Å². The van der Waals surface area contributed by atoms with E-state index in [1.54, 1.807) is 0 Å². The molecule has 0 radical (unpaired) electrons. The molecule has 0 saturated heterocycles. The van der Waals surface area contributed by atoms with Crippen LogP contribution < -0.4 is 11.1 Å². The van der Waals surface area contributed by atoms with Crippen LogP contribution in [0.3, 0.4) is 0 Å². The lowest BCUT2D eigenvalue weighted by Gasteiger charge is -2.29. The van der Waals surface area contributed by atoms with Gasteiger partial charge in [0, 0.05) is 6.04 Å². The highest BCUT2D eigenvalue weighted by Gasteiger charge is 2.20. The van der Waals surface area contributed by atoms with Gasteiger partial charge < -0.3 is 11.1 Å². The van der Waals surface area contributed by atoms with E-state index in [1.807, 2.05) is 18.2 Å². The van der Waals surface area contributed by atoms with Gasteiger partial charge in [0.25, 0.3) is 0 Å². The smallest absolute Gasteiger partial charge is 0.0765 e. The number of halogens is 1. The molecule has 94 valence electrons. The molecule has 17 heavy (non-hydrogen) atoms. The molecule has 0 bridgehead atoms. The van der Waals surface area contributed by atoms with Crippen molar-refractivity contribution < 1.29 is 0 Å². The summed E-state index contributed by atoms with van der Waals surface area (Å²) in [5.74, 6) is 0.749. The molecule has 1 unspecified atom stereocenters. The van der Waals surface area contributed by atoms with E-state index in [1.165, 1.54) is 32.1 Å². The summed E-state index contributed by atoms with van der Waals surface area (Å²) >= 11 is 6.17. The molecule has 1 aromatic carbocycles. The minimum Gasteiger partial charge on any atom is -0.397 e. The van der Waals surface area contributed by atoms with Crippen molar-refractivity contribution in [3.05, 3.63) is 23.2 Å². The zero-order chi connectivity index (χ0) is 12.3. The molecule has 0 aromatic heterocycles. The van der Waals surface area contributed by atoms with E-state index in [0.29, 0.717) is 11.1 Å². The minimum absolute atomic E-state index is 0.442. The summed E-state index contributed by atoms with van der Waals surface area (Å²) in [4.78, 5) is 0. The molecule has 3 N–H and O–H groups in total. The van der Waals surface area contributed by atoms with Crippen molar-refractivity contribution in [1.29, 1.82) is 0 Å². The summed E-state index contributed by atoms with van der Waals surface area (Å²) in [5, 5.41) is 4.21. The fraction of sp³-hybridized carbons (Fsp3) is 0.571. The third kappa shape index (κ3) is 3.06. The van der Waals surface area contributed by atoms with Gasteiger partial charge in [0.05, 0.1) is 16.4 Å². The Morgan fingerprint density at radius 3 is 2.65 bits per heavy atom. The van der Waals surface area contributed by atoms with Crippen LogP contribution in [0.5, 0.6) is 0 Å². The second-order valence-corrected chi connectivity index (χ2v) is 5.44. The molecule has 2 rings (SSSR count). The normalized spacial score (nSPS) is 18.9. The Hall–Kier alpha value is -0.890. The van der Waals surface area contributed by atoms with E-state index in [2.05, 4.69) is 12.2 Å². The maximum atomic E-state index is 6.17. The van der Waals surface area contributed by atoms with Crippen LogP contribution >= 0.6 is 11.6 Å². The van der Waals surface area contributed by atoms with Gasteiger partial charge >= 0.3 is 0 Å². The summed E-state index contributed by atoms with van der Waals surface area (Å²) in [6.45, 7) is 2.23. The van der Waals surface area contributed by atoms with Crippen LogP contribution in [-0.4, -0.2) is 6.04 Å². The zero-order valence-corrected chi connectivity index (χ0v) is 11.1. The number of rotatable bonds is 3. The average molecular weight is 253 g/mol. The van der Waals surface area contributed by atoms with Crippen LogP contribution in [0.25, 0.3) is 0 Å². The number of nitrogens with one attached hydrogen (secondary N) is 1.